The molecule has 102 valence electrons. The molecular formula is C14H16ClNO3. The van der Waals surface area contributed by atoms with Crippen molar-refractivity contribution in [1.82, 2.24) is 4.90 Å². The van der Waals surface area contributed by atoms with Crippen LogP contribution in [-0.2, 0) is 4.79 Å². The third-order valence-electron chi connectivity index (χ3n) is 3.75. The van der Waals surface area contributed by atoms with Gasteiger partial charge in [-0.15, -0.1) is 0 Å². The van der Waals surface area contributed by atoms with Crippen LogP contribution in [0.25, 0.3) is 0 Å². The quantitative estimate of drug-likeness (QED) is 0.906. The Morgan fingerprint density at radius 1 is 1.42 bits per heavy atom. The molecule has 2 rings (SSSR count). The minimum Gasteiger partial charge on any atom is -0.481 e. The number of carboxylic acid groups (broad SMARTS) is 1. The van der Waals surface area contributed by atoms with Gasteiger partial charge in [0.15, 0.2) is 0 Å². The number of halogens is 1. The maximum absolute atomic E-state index is 12.4. The van der Waals surface area contributed by atoms with E-state index in [1.165, 1.54) is 0 Å². The number of hydrogen-bond acceptors (Lipinski definition) is 2. The Hall–Kier alpha value is -1.55. The summed E-state index contributed by atoms with van der Waals surface area (Å²) in [4.78, 5) is 25.2. The Morgan fingerprint density at radius 3 is 2.63 bits per heavy atom. The highest BCUT2D eigenvalue weighted by molar-refractivity contribution is 6.30. The van der Waals surface area contributed by atoms with Crippen LogP contribution in [0.3, 0.4) is 0 Å². The van der Waals surface area contributed by atoms with Gasteiger partial charge in [-0.05, 0) is 44.0 Å². The van der Waals surface area contributed by atoms with Gasteiger partial charge in [0.25, 0.3) is 5.91 Å². The molecule has 1 N–H and O–H groups in total. The summed E-state index contributed by atoms with van der Waals surface area (Å²) < 4.78 is 0. The lowest BCUT2D eigenvalue weighted by Crippen LogP contribution is -2.37. The third-order valence-corrected chi connectivity index (χ3v) is 3.99. The zero-order valence-electron chi connectivity index (χ0n) is 10.9. The SMILES string of the molecule is Cc1cc(Cl)ccc1C(=O)N1CCC(C(=O)O)C1C. The van der Waals surface area contributed by atoms with Crippen molar-refractivity contribution < 1.29 is 14.7 Å². The van der Waals surface area contributed by atoms with E-state index >= 15 is 0 Å². The van der Waals surface area contributed by atoms with Gasteiger partial charge in [-0.1, -0.05) is 11.6 Å². The number of likely N-dealkylation sites (tertiary alicyclic amines) is 1. The van der Waals surface area contributed by atoms with Crippen LogP contribution in [0.2, 0.25) is 5.02 Å². The van der Waals surface area contributed by atoms with E-state index in [0.29, 0.717) is 23.6 Å². The summed E-state index contributed by atoms with van der Waals surface area (Å²) in [6.07, 6.45) is 0.509. The van der Waals surface area contributed by atoms with E-state index in [1.54, 1.807) is 30.0 Å². The van der Waals surface area contributed by atoms with Crippen LogP contribution in [0.5, 0.6) is 0 Å². The van der Waals surface area contributed by atoms with Crippen LogP contribution in [0.1, 0.15) is 29.3 Å². The molecule has 1 saturated heterocycles. The van der Waals surface area contributed by atoms with Gasteiger partial charge in [-0.3, -0.25) is 9.59 Å². The molecule has 5 heteroatoms. The Morgan fingerprint density at radius 2 is 2.11 bits per heavy atom. The minimum atomic E-state index is -0.837. The fraction of sp³-hybridized carbons (Fsp3) is 0.429. The van der Waals surface area contributed by atoms with Crippen LogP contribution in [0.4, 0.5) is 0 Å². The number of rotatable bonds is 2. The molecule has 1 fully saturated rings. The molecule has 0 radical (unpaired) electrons. The Bertz CT molecular complexity index is 529. The summed E-state index contributed by atoms with van der Waals surface area (Å²) in [6, 6.07) is 4.84. The van der Waals surface area contributed by atoms with E-state index in [9.17, 15) is 9.59 Å². The molecule has 1 aromatic carbocycles. The maximum atomic E-state index is 12.4. The van der Waals surface area contributed by atoms with Crippen LogP contribution >= 0.6 is 11.6 Å². The fourth-order valence-corrected chi connectivity index (χ4v) is 2.80. The number of carbonyl (C=O) groups excluding carboxylic acids is 1. The Labute approximate surface area is 117 Å². The lowest BCUT2D eigenvalue weighted by molar-refractivity contribution is -0.142. The van der Waals surface area contributed by atoms with Gasteiger partial charge >= 0.3 is 5.97 Å². The van der Waals surface area contributed by atoms with E-state index in [1.807, 2.05) is 6.92 Å². The van der Waals surface area contributed by atoms with Gasteiger partial charge in [-0.2, -0.15) is 0 Å². The summed E-state index contributed by atoms with van der Waals surface area (Å²) in [7, 11) is 0. The fourth-order valence-electron chi connectivity index (χ4n) is 2.58. The van der Waals surface area contributed by atoms with Crippen molar-refractivity contribution in [3.8, 4) is 0 Å². The molecule has 1 aliphatic heterocycles. The largest absolute Gasteiger partial charge is 0.481 e. The molecule has 0 spiro atoms. The molecule has 1 aliphatic rings. The molecule has 1 aromatic rings. The average molecular weight is 282 g/mol. The van der Waals surface area contributed by atoms with Crippen molar-refractivity contribution >= 4 is 23.5 Å². The highest BCUT2D eigenvalue weighted by atomic mass is 35.5. The van der Waals surface area contributed by atoms with Gasteiger partial charge in [0.05, 0.1) is 5.92 Å². The first-order valence-electron chi connectivity index (χ1n) is 6.21. The first-order chi connectivity index (χ1) is 8.91. The monoisotopic (exact) mass is 281 g/mol. The minimum absolute atomic E-state index is 0.120. The number of carbonyl (C=O) groups is 2. The van der Waals surface area contributed by atoms with Crippen molar-refractivity contribution in [2.24, 2.45) is 5.92 Å². The van der Waals surface area contributed by atoms with Crippen molar-refractivity contribution in [2.75, 3.05) is 6.54 Å². The number of benzene rings is 1. The van der Waals surface area contributed by atoms with Gasteiger partial charge in [0.2, 0.25) is 0 Å². The van der Waals surface area contributed by atoms with E-state index in [4.69, 9.17) is 16.7 Å². The lowest BCUT2D eigenvalue weighted by Gasteiger charge is -2.24. The zero-order chi connectivity index (χ0) is 14.2. The molecule has 0 aliphatic carbocycles. The van der Waals surface area contributed by atoms with Crippen LogP contribution < -0.4 is 0 Å². The van der Waals surface area contributed by atoms with E-state index in [2.05, 4.69) is 0 Å². The normalized spacial score (nSPS) is 22.6. The van der Waals surface area contributed by atoms with E-state index in [-0.39, 0.29) is 11.9 Å². The molecule has 0 saturated carbocycles. The first kappa shape index (κ1) is 13.9. The predicted octanol–water partition coefficient (Wildman–Crippen LogP) is 2.58. The maximum Gasteiger partial charge on any atom is 0.308 e. The standard InChI is InChI=1S/C14H16ClNO3/c1-8-7-10(15)3-4-11(8)13(17)16-6-5-12(9(16)2)14(18)19/h3-4,7,9,12H,5-6H2,1-2H3,(H,18,19). The summed E-state index contributed by atoms with van der Waals surface area (Å²) in [6.45, 7) is 4.10. The summed E-state index contributed by atoms with van der Waals surface area (Å²) in [5.41, 5.74) is 1.39. The molecule has 1 heterocycles. The van der Waals surface area contributed by atoms with Crippen LogP contribution in [0, 0.1) is 12.8 Å². The highest BCUT2D eigenvalue weighted by Crippen LogP contribution is 2.27. The second kappa shape index (κ2) is 5.21. The molecule has 2 atom stereocenters. The van der Waals surface area contributed by atoms with E-state index in [0.717, 1.165) is 5.56 Å². The van der Waals surface area contributed by atoms with Crippen molar-refractivity contribution in [3.63, 3.8) is 0 Å². The van der Waals surface area contributed by atoms with Crippen LogP contribution in [0.15, 0.2) is 18.2 Å². The smallest absolute Gasteiger partial charge is 0.308 e. The number of carboxylic acids is 1. The molecule has 0 bridgehead atoms. The first-order valence-corrected chi connectivity index (χ1v) is 6.59. The Balaban J connectivity index is 2.23. The molecule has 19 heavy (non-hydrogen) atoms. The van der Waals surface area contributed by atoms with Gasteiger partial charge < -0.3 is 10.0 Å². The number of amides is 1. The Kier molecular flexibility index (Phi) is 3.80. The molecule has 0 aromatic heterocycles. The van der Waals surface area contributed by atoms with Gasteiger partial charge in [0, 0.05) is 23.2 Å². The second-order valence-electron chi connectivity index (χ2n) is 4.93. The number of aliphatic carboxylic acids is 1. The van der Waals surface area contributed by atoms with Gasteiger partial charge in [-0.25, -0.2) is 0 Å². The second-order valence-corrected chi connectivity index (χ2v) is 5.37. The van der Waals surface area contributed by atoms with Crippen LogP contribution in [-0.4, -0.2) is 34.5 Å². The summed E-state index contributed by atoms with van der Waals surface area (Å²) in [5.74, 6) is -1.43. The topological polar surface area (TPSA) is 57.6 Å². The molecule has 1 amide bonds. The third kappa shape index (κ3) is 2.59. The number of aryl methyl sites for hydroxylation is 1. The van der Waals surface area contributed by atoms with Gasteiger partial charge in [0.1, 0.15) is 0 Å². The number of nitrogens with zero attached hydrogens (tertiary/aromatic N) is 1. The lowest BCUT2D eigenvalue weighted by atomic mass is 10.0. The molecular weight excluding hydrogens is 266 g/mol. The number of hydrogen-bond donors (Lipinski definition) is 1. The summed E-state index contributed by atoms with van der Waals surface area (Å²) >= 11 is 5.87. The molecule has 2 unspecified atom stereocenters. The molecule has 4 nitrogen and oxygen atoms in total. The summed E-state index contributed by atoms with van der Waals surface area (Å²) in [5, 5.41) is 9.68. The van der Waals surface area contributed by atoms with E-state index < -0.39 is 11.9 Å². The average Bonchev–Trinajstić information content (AvgIpc) is 2.70. The zero-order valence-corrected chi connectivity index (χ0v) is 11.6. The van der Waals surface area contributed by atoms with Crippen molar-refractivity contribution in [2.45, 2.75) is 26.3 Å². The highest BCUT2D eigenvalue weighted by Gasteiger charge is 2.38. The van der Waals surface area contributed by atoms with Crippen molar-refractivity contribution in [3.05, 3.63) is 34.3 Å². The predicted molar refractivity (Wildman–Crippen MR) is 72.4 cm³/mol. The van der Waals surface area contributed by atoms with Crippen molar-refractivity contribution in [1.29, 1.82) is 0 Å².